The lowest BCUT2D eigenvalue weighted by molar-refractivity contribution is 1.10. The third-order valence-electron chi connectivity index (χ3n) is 2.67. The van der Waals surface area contributed by atoms with Gasteiger partial charge in [0.15, 0.2) is 0 Å². The Labute approximate surface area is 117 Å². The Morgan fingerprint density at radius 3 is 2.94 bits per heavy atom. The van der Waals surface area contributed by atoms with Crippen LogP contribution in [0.5, 0.6) is 0 Å². The predicted molar refractivity (Wildman–Crippen MR) is 78.9 cm³/mol. The Morgan fingerprint density at radius 1 is 1.17 bits per heavy atom. The summed E-state index contributed by atoms with van der Waals surface area (Å²) in [7, 11) is 0. The van der Waals surface area contributed by atoms with Gasteiger partial charge in [-0.2, -0.15) is 0 Å². The van der Waals surface area contributed by atoms with E-state index in [4.69, 9.17) is 0 Å². The SMILES string of the molecule is Brc1ccccc1CNc1ncnc2sccc12. The van der Waals surface area contributed by atoms with Gasteiger partial charge in [-0.1, -0.05) is 34.1 Å². The summed E-state index contributed by atoms with van der Waals surface area (Å²) in [6.45, 7) is 0.739. The summed E-state index contributed by atoms with van der Waals surface area (Å²) >= 11 is 5.17. The zero-order valence-electron chi connectivity index (χ0n) is 9.43. The van der Waals surface area contributed by atoms with Crippen molar-refractivity contribution in [3.8, 4) is 0 Å². The van der Waals surface area contributed by atoms with E-state index in [-0.39, 0.29) is 0 Å². The monoisotopic (exact) mass is 319 g/mol. The first-order valence-electron chi connectivity index (χ1n) is 5.50. The summed E-state index contributed by atoms with van der Waals surface area (Å²) in [4.78, 5) is 9.54. The van der Waals surface area contributed by atoms with Crippen molar-refractivity contribution < 1.29 is 0 Å². The van der Waals surface area contributed by atoms with Crippen molar-refractivity contribution >= 4 is 43.3 Å². The van der Waals surface area contributed by atoms with Gasteiger partial charge >= 0.3 is 0 Å². The largest absolute Gasteiger partial charge is 0.365 e. The average Bonchev–Trinajstić information content (AvgIpc) is 2.86. The van der Waals surface area contributed by atoms with E-state index in [0.717, 1.165) is 27.1 Å². The van der Waals surface area contributed by atoms with Crippen LogP contribution >= 0.6 is 27.3 Å². The van der Waals surface area contributed by atoms with Crippen molar-refractivity contribution in [3.05, 3.63) is 52.1 Å². The van der Waals surface area contributed by atoms with Gasteiger partial charge in [0.1, 0.15) is 17.0 Å². The lowest BCUT2D eigenvalue weighted by atomic mass is 10.2. The number of hydrogen-bond acceptors (Lipinski definition) is 4. The summed E-state index contributed by atoms with van der Waals surface area (Å²) in [6.07, 6.45) is 1.60. The Balaban J connectivity index is 1.85. The summed E-state index contributed by atoms with van der Waals surface area (Å²) in [5.74, 6) is 0.886. The van der Waals surface area contributed by atoms with Crippen molar-refractivity contribution in [2.75, 3.05) is 5.32 Å². The van der Waals surface area contributed by atoms with Crippen LogP contribution in [0.3, 0.4) is 0 Å². The molecule has 0 aliphatic rings. The molecule has 0 amide bonds. The maximum absolute atomic E-state index is 4.29. The predicted octanol–water partition coefficient (Wildman–Crippen LogP) is 4.07. The molecule has 0 aliphatic carbocycles. The smallest absolute Gasteiger partial charge is 0.138 e. The van der Waals surface area contributed by atoms with Crippen LogP contribution in [0.4, 0.5) is 5.82 Å². The number of hydrogen-bond donors (Lipinski definition) is 1. The molecule has 0 atom stereocenters. The highest BCUT2D eigenvalue weighted by atomic mass is 79.9. The van der Waals surface area contributed by atoms with Crippen LogP contribution in [0.25, 0.3) is 10.2 Å². The zero-order valence-corrected chi connectivity index (χ0v) is 11.8. The van der Waals surface area contributed by atoms with E-state index in [1.807, 2.05) is 29.6 Å². The first kappa shape index (κ1) is 11.6. The van der Waals surface area contributed by atoms with Crippen LogP contribution < -0.4 is 5.32 Å². The Bertz CT molecular complexity index is 681. The molecular weight excluding hydrogens is 310 g/mol. The summed E-state index contributed by atoms with van der Waals surface area (Å²) < 4.78 is 1.10. The number of anilines is 1. The average molecular weight is 320 g/mol. The molecular formula is C13H10BrN3S. The summed E-state index contributed by atoms with van der Waals surface area (Å²) in [5, 5.41) is 6.47. The maximum Gasteiger partial charge on any atom is 0.138 e. The molecule has 1 N–H and O–H groups in total. The standard InChI is InChI=1S/C13H10BrN3S/c14-11-4-2-1-3-9(11)7-15-12-10-5-6-18-13(10)17-8-16-12/h1-6,8H,7H2,(H,15,16,17). The third-order valence-corrected chi connectivity index (χ3v) is 4.26. The lowest BCUT2D eigenvalue weighted by Gasteiger charge is -2.07. The van der Waals surface area contributed by atoms with Crippen molar-refractivity contribution in [1.82, 2.24) is 9.97 Å². The number of fused-ring (bicyclic) bond motifs is 1. The molecule has 0 aliphatic heterocycles. The van der Waals surface area contributed by atoms with E-state index in [1.54, 1.807) is 17.7 Å². The molecule has 18 heavy (non-hydrogen) atoms. The minimum Gasteiger partial charge on any atom is -0.365 e. The summed E-state index contributed by atoms with van der Waals surface area (Å²) in [5.41, 5.74) is 1.21. The Morgan fingerprint density at radius 2 is 2.06 bits per heavy atom. The van der Waals surface area contributed by atoms with Gasteiger partial charge in [0.05, 0.1) is 5.39 Å². The second-order valence-corrected chi connectivity index (χ2v) is 5.56. The van der Waals surface area contributed by atoms with Gasteiger partial charge < -0.3 is 5.32 Å². The lowest BCUT2D eigenvalue weighted by Crippen LogP contribution is -2.02. The van der Waals surface area contributed by atoms with E-state index < -0.39 is 0 Å². The van der Waals surface area contributed by atoms with Crippen LogP contribution in [0, 0.1) is 0 Å². The fraction of sp³-hybridized carbons (Fsp3) is 0.0769. The topological polar surface area (TPSA) is 37.8 Å². The van der Waals surface area contributed by atoms with Gasteiger partial charge in [0, 0.05) is 11.0 Å². The second kappa shape index (κ2) is 5.04. The Hall–Kier alpha value is -1.46. The molecule has 0 saturated heterocycles. The fourth-order valence-corrected chi connectivity index (χ4v) is 2.91. The normalized spacial score (nSPS) is 10.7. The number of thiophene rings is 1. The first-order valence-corrected chi connectivity index (χ1v) is 7.17. The quantitative estimate of drug-likeness (QED) is 0.790. The fourth-order valence-electron chi connectivity index (χ4n) is 1.75. The van der Waals surface area contributed by atoms with Crippen LogP contribution in [-0.2, 0) is 6.54 Å². The number of nitrogens with zero attached hydrogens (tertiary/aromatic N) is 2. The highest BCUT2D eigenvalue weighted by Gasteiger charge is 2.05. The first-order chi connectivity index (χ1) is 8.84. The maximum atomic E-state index is 4.29. The van der Waals surface area contributed by atoms with Gasteiger partial charge in [-0.3, -0.25) is 0 Å². The van der Waals surface area contributed by atoms with Gasteiger partial charge in [-0.05, 0) is 23.1 Å². The van der Waals surface area contributed by atoms with Crippen LogP contribution in [0.1, 0.15) is 5.56 Å². The van der Waals surface area contributed by atoms with Crippen LogP contribution in [0.2, 0.25) is 0 Å². The van der Waals surface area contributed by atoms with E-state index in [1.165, 1.54) is 5.56 Å². The molecule has 0 radical (unpaired) electrons. The number of nitrogens with one attached hydrogen (secondary N) is 1. The van der Waals surface area contributed by atoms with Crippen molar-refractivity contribution in [2.24, 2.45) is 0 Å². The second-order valence-electron chi connectivity index (χ2n) is 3.81. The zero-order chi connectivity index (χ0) is 12.4. The summed E-state index contributed by atoms with van der Waals surface area (Å²) in [6, 6.07) is 10.2. The minimum atomic E-state index is 0.739. The molecule has 0 unspecified atom stereocenters. The molecule has 3 aromatic rings. The molecule has 0 fully saturated rings. The highest BCUT2D eigenvalue weighted by Crippen LogP contribution is 2.24. The molecule has 3 nitrogen and oxygen atoms in total. The van der Waals surface area contributed by atoms with E-state index in [0.29, 0.717) is 0 Å². The highest BCUT2D eigenvalue weighted by molar-refractivity contribution is 9.10. The van der Waals surface area contributed by atoms with Crippen LogP contribution in [-0.4, -0.2) is 9.97 Å². The van der Waals surface area contributed by atoms with Crippen molar-refractivity contribution in [1.29, 1.82) is 0 Å². The van der Waals surface area contributed by atoms with E-state index >= 15 is 0 Å². The Kier molecular flexibility index (Phi) is 3.25. The molecule has 0 bridgehead atoms. The minimum absolute atomic E-state index is 0.739. The molecule has 2 heterocycles. The van der Waals surface area contributed by atoms with Crippen molar-refractivity contribution in [2.45, 2.75) is 6.54 Å². The molecule has 0 spiro atoms. The molecule has 2 aromatic heterocycles. The van der Waals surface area contributed by atoms with Gasteiger partial charge in [0.25, 0.3) is 0 Å². The van der Waals surface area contributed by atoms with E-state index in [2.05, 4.69) is 37.3 Å². The van der Waals surface area contributed by atoms with Gasteiger partial charge in [0.2, 0.25) is 0 Å². The number of rotatable bonds is 3. The molecule has 90 valence electrons. The number of halogens is 1. The molecule has 0 saturated carbocycles. The molecule has 5 heteroatoms. The van der Waals surface area contributed by atoms with Crippen LogP contribution in [0.15, 0.2) is 46.5 Å². The third kappa shape index (κ3) is 2.23. The molecule has 1 aromatic carbocycles. The van der Waals surface area contributed by atoms with Gasteiger partial charge in [-0.15, -0.1) is 11.3 Å². The van der Waals surface area contributed by atoms with Crippen molar-refractivity contribution in [3.63, 3.8) is 0 Å². The molecule has 3 rings (SSSR count). The number of benzene rings is 1. The number of aromatic nitrogens is 2. The van der Waals surface area contributed by atoms with Gasteiger partial charge in [-0.25, -0.2) is 9.97 Å². The van der Waals surface area contributed by atoms with E-state index in [9.17, 15) is 0 Å².